The summed E-state index contributed by atoms with van der Waals surface area (Å²) >= 11 is 0. The Labute approximate surface area is 153 Å². The van der Waals surface area contributed by atoms with Crippen LogP contribution in [0.25, 0.3) is 0 Å². The predicted octanol–water partition coefficient (Wildman–Crippen LogP) is 3.30. The lowest BCUT2D eigenvalue weighted by atomic mass is 10.1. The number of fused-ring (bicyclic) bond motifs is 1. The van der Waals surface area contributed by atoms with E-state index in [-0.39, 0.29) is 19.1 Å². The van der Waals surface area contributed by atoms with Gasteiger partial charge in [-0.25, -0.2) is 4.79 Å². The molecule has 136 valence electrons. The van der Waals surface area contributed by atoms with Gasteiger partial charge in [0.25, 0.3) is 5.91 Å². The Hall–Kier alpha value is -2.82. The monoisotopic (exact) mass is 353 g/mol. The summed E-state index contributed by atoms with van der Waals surface area (Å²) in [4.78, 5) is 23.7. The molecule has 1 aliphatic rings. The lowest BCUT2D eigenvalue weighted by molar-refractivity contribution is -0.149. The molecule has 3 rings (SSSR count). The van der Waals surface area contributed by atoms with Crippen LogP contribution >= 0.6 is 0 Å². The van der Waals surface area contributed by atoms with Crippen LogP contribution in [0, 0.1) is 0 Å². The molecule has 1 amide bonds. The van der Waals surface area contributed by atoms with Gasteiger partial charge in [0.2, 0.25) is 0 Å². The molecule has 1 N–H and O–H groups in total. The highest BCUT2D eigenvalue weighted by Crippen LogP contribution is 2.24. The van der Waals surface area contributed by atoms with E-state index in [0.29, 0.717) is 5.75 Å². The van der Waals surface area contributed by atoms with Crippen molar-refractivity contribution >= 4 is 17.6 Å². The lowest BCUT2D eigenvalue weighted by Crippen LogP contribution is -2.23. The van der Waals surface area contributed by atoms with Gasteiger partial charge in [-0.05, 0) is 66.6 Å². The first-order valence-electron chi connectivity index (χ1n) is 8.93. The van der Waals surface area contributed by atoms with Gasteiger partial charge in [-0.1, -0.05) is 25.1 Å². The SMILES string of the molecule is CCc1ccc(OCC(=O)OCC(=O)Nc2ccc3c(c2)CCC3)cc1. The number of amides is 1. The quantitative estimate of drug-likeness (QED) is 0.776. The van der Waals surface area contributed by atoms with Crippen molar-refractivity contribution in [1.82, 2.24) is 0 Å². The van der Waals surface area contributed by atoms with Crippen molar-refractivity contribution in [3.63, 3.8) is 0 Å². The average Bonchev–Trinajstić information content (AvgIpc) is 3.13. The van der Waals surface area contributed by atoms with Gasteiger partial charge in [0.05, 0.1) is 0 Å². The second-order valence-electron chi connectivity index (χ2n) is 6.33. The van der Waals surface area contributed by atoms with E-state index in [1.54, 1.807) is 0 Å². The molecule has 2 aromatic carbocycles. The molecule has 0 bridgehead atoms. The van der Waals surface area contributed by atoms with Gasteiger partial charge < -0.3 is 14.8 Å². The third-order valence-corrected chi connectivity index (χ3v) is 4.43. The molecule has 0 aliphatic heterocycles. The van der Waals surface area contributed by atoms with Gasteiger partial charge in [0.1, 0.15) is 5.75 Å². The summed E-state index contributed by atoms with van der Waals surface area (Å²) in [5.41, 5.74) is 4.56. The fourth-order valence-corrected chi connectivity index (χ4v) is 3.00. The first-order valence-corrected chi connectivity index (χ1v) is 8.93. The Kier molecular flexibility index (Phi) is 5.89. The molecule has 0 unspecified atom stereocenters. The zero-order valence-corrected chi connectivity index (χ0v) is 14.9. The summed E-state index contributed by atoms with van der Waals surface area (Å²) in [5.74, 6) is -0.334. The Morgan fingerprint density at radius 1 is 1.00 bits per heavy atom. The van der Waals surface area contributed by atoms with Crippen molar-refractivity contribution in [3.05, 3.63) is 59.2 Å². The second kappa shape index (κ2) is 8.52. The van der Waals surface area contributed by atoms with Crippen molar-refractivity contribution in [3.8, 4) is 5.75 Å². The molecule has 5 nitrogen and oxygen atoms in total. The highest BCUT2D eigenvalue weighted by atomic mass is 16.6. The van der Waals surface area contributed by atoms with Crippen molar-refractivity contribution in [2.24, 2.45) is 0 Å². The van der Waals surface area contributed by atoms with Crippen molar-refractivity contribution < 1.29 is 19.1 Å². The van der Waals surface area contributed by atoms with Crippen LogP contribution < -0.4 is 10.1 Å². The van der Waals surface area contributed by atoms with Crippen LogP contribution in [0.5, 0.6) is 5.75 Å². The Balaban J connectivity index is 1.40. The minimum atomic E-state index is -0.575. The van der Waals surface area contributed by atoms with Gasteiger partial charge in [-0.15, -0.1) is 0 Å². The minimum absolute atomic E-state index is 0.225. The summed E-state index contributed by atoms with van der Waals surface area (Å²) in [6.07, 6.45) is 4.25. The largest absolute Gasteiger partial charge is 0.482 e. The summed E-state index contributed by atoms with van der Waals surface area (Å²) in [7, 11) is 0. The molecule has 2 aromatic rings. The van der Waals surface area contributed by atoms with Crippen LogP contribution in [0.4, 0.5) is 5.69 Å². The zero-order chi connectivity index (χ0) is 18.4. The van der Waals surface area contributed by atoms with Crippen molar-refractivity contribution in [2.75, 3.05) is 18.5 Å². The number of aryl methyl sites for hydroxylation is 3. The van der Waals surface area contributed by atoms with Crippen LogP contribution in [0.2, 0.25) is 0 Å². The second-order valence-corrected chi connectivity index (χ2v) is 6.33. The van der Waals surface area contributed by atoms with Crippen LogP contribution in [-0.4, -0.2) is 25.1 Å². The molecule has 1 aliphatic carbocycles. The summed E-state index contributed by atoms with van der Waals surface area (Å²) < 4.78 is 10.3. The lowest BCUT2D eigenvalue weighted by Gasteiger charge is -2.09. The summed E-state index contributed by atoms with van der Waals surface area (Å²) in [6, 6.07) is 13.4. The fraction of sp³-hybridized carbons (Fsp3) is 0.333. The van der Waals surface area contributed by atoms with E-state index < -0.39 is 5.97 Å². The van der Waals surface area contributed by atoms with E-state index in [1.165, 1.54) is 16.7 Å². The number of nitrogens with one attached hydrogen (secondary N) is 1. The van der Waals surface area contributed by atoms with Crippen LogP contribution in [0.15, 0.2) is 42.5 Å². The van der Waals surface area contributed by atoms with E-state index in [2.05, 4.69) is 12.2 Å². The zero-order valence-electron chi connectivity index (χ0n) is 14.9. The number of hydrogen-bond donors (Lipinski definition) is 1. The third-order valence-electron chi connectivity index (χ3n) is 4.43. The normalized spacial score (nSPS) is 12.3. The van der Waals surface area contributed by atoms with Gasteiger partial charge >= 0.3 is 5.97 Å². The van der Waals surface area contributed by atoms with Gasteiger partial charge in [-0.3, -0.25) is 4.79 Å². The standard InChI is InChI=1S/C21H23NO4/c1-2-15-6-10-19(11-7-15)25-14-21(24)26-13-20(23)22-18-9-8-16-4-3-5-17(16)12-18/h6-12H,2-5,13-14H2,1H3,(H,22,23). The molecule has 26 heavy (non-hydrogen) atoms. The van der Waals surface area contributed by atoms with Crippen molar-refractivity contribution in [1.29, 1.82) is 0 Å². The van der Waals surface area contributed by atoms with E-state index in [0.717, 1.165) is 31.4 Å². The summed E-state index contributed by atoms with van der Waals surface area (Å²) in [5, 5.41) is 2.76. The Bertz CT molecular complexity index is 783. The number of esters is 1. The molecule has 0 spiro atoms. The number of rotatable bonds is 7. The number of hydrogen-bond acceptors (Lipinski definition) is 4. The number of ether oxygens (including phenoxy) is 2. The van der Waals surface area contributed by atoms with Crippen LogP contribution in [0.3, 0.4) is 0 Å². The molecule has 5 heteroatoms. The van der Waals surface area contributed by atoms with Gasteiger partial charge in [0.15, 0.2) is 13.2 Å². The average molecular weight is 353 g/mol. The highest BCUT2D eigenvalue weighted by molar-refractivity contribution is 5.93. The molecular weight excluding hydrogens is 330 g/mol. The third kappa shape index (κ3) is 4.85. The molecule has 0 heterocycles. The maximum absolute atomic E-state index is 11.9. The fourth-order valence-electron chi connectivity index (χ4n) is 3.00. The number of carbonyl (C=O) groups excluding carboxylic acids is 2. The maximum Gasteiger partial charge on any atom is 0.344 e. The van der Waals surface area contributed by atoms with Crippen LogP contribution in [-0.2, 0) is 33.6 Å². The highest BCUT2D eigenvalue weighted by Gasteiger charge is 2.13. The first kappa shape index (κ1) is 18.0. The molecule has 0 saturated heterocycles. The smallest absolute Gasteiger partial charge is 0.344 e. The van der Waals surface area contributed by atoms with E-state index in [9.17, 15) is 9.59 Å². The molecular formula is C21H23NO4. The van der Waals surface area contributed by atoms with Gasteiger partial charge in [0, 0.05) is 5.69 Å². The van der Waals surface area contributed by atoms with Crippen LogP contribution in [0.1, 0.15) is 30.0 Å². The van der Waals surface area contributed by atoms with Crippen molar-refractivity contribution in [2.45, 2.75) is 32.6 Å². The maximum atomic E-state index is 11.9. The molecule has 0 fully saturated rings. The van der Waals surface area contributed by atoms with Gasteiger partial charge in [-0.2, -0.15) is 0 Å². The van der Waals surface area contributed by atoms with E-state index >= 15 is 0 Å². The predicted molar refractivity (Wildman–Crippen MR) is 99.4 cm³/mol. The summed E-state index contributed by atoms with van der Waals surface area (Å²) in [6.45, 7) is 1.52. The first-order chi connectivity index (χ1) is 12.6. The molecule has 0 radical (unpaired) electrons. The van der Waals surface area contributed by atoms with E-state index in [4.69, 9.17) is 9.47 Å². The number of anilines is 1. The molecule has 0 aromatic heterocycles. The minimum Gasteiger partial charge on any atom is -0.482 e. The topological polar surface area (TPSA) is 64.6 Å². The number of carbonyl (C=O) groups is 2. The van der Waals surface area contributed by atoms with E-state index in [1.807, 2.05) is 42.5 Å². The number of benzene rings is 2. The Morgan fingerprint density at radius 2 is 1.77 bits per heavy atom. The molecule has 0 saturated carbocycles. The Morgan fingerprint density at radius 3 is 2.54 bits per heavy atom. The molecule has 0 atom stereocenters.